The van der Waals surface area contributed by atoms with E-state index < -0.39 is 0 Å². The van der Waals surface area contributed by atoms with E-state index in [0.29, 0.717) is 11.1 Å². The van der Waals surface area contributed by atoms with Crippen molar-refractivity contribution >= 4 is 51.9 Å². The summed E-state index contributed by atoms with van der Waals surface area (Å²) in [5.41, 5.74) is 6.85. The highest BCUT2D eigenvalue weighted by molar-refractivity contribution is 14.1. The first-order chi connectivity index (χ1) is 7.18. The Morgan fingerprint density at radius 3 is 2.80 bits per heavy atom. The zero-order valence-electron chi connectivity index (χ0n) is 8.36. The number of nitrogens with zero attached hydrogens (tertiary/aromatic N) is 2. The van der Waals surface area contributed by atoms with Gasteiger partial charge >= 0.3 is 0 Å². The lowest BCUT2D eigenvalue weighted by Gasteiger charge is -2.20. The van der Waals surface area contributed by atoms with Crippen LogP contribution >= 0.6 is 46.1 Å². The molecule has 1 aromatic heterocycles. The first-order valence-corrected chi connectivity index (χ1v) is 7.95. The second-order valence-corrected chi connectivity index (χ2v) is 6.84. The molecule has 0 aliphatic carbocycles. The molecule has 2 heterocycles. The van der Waals surface area contributed by atoms with Gasteiger partial charge in [0.25, 0.3) is 0 Å². The third-order valence-corrected chi connectivity index (χ3v) is 6.25. The number of aromatic nitrogens is 2. The van der Waals surface area contributed by atoms with Crippen molar-refractivity contribution in [2.45, 2.75) is 12.2 Å². The molecule has 1 atom stereocenters. The molecule has 1 aliphatic heterocycles. The van der Waals surface area contributed by atoms with Crippen LogP contribution in [0.4, 0.5) is 5.82 Å². The average molecular weight is 353 g/mol. The summed E-state index contributed by atoms with van der Waals surface area (Å²) < 4.78 is 0.977. The topological polar surface area (TPSA) is 51.8 Å². The number of thioether (sulfide) groups is 2. The van der Waals surface area contributed by atoms with Gasteiger partial charge in [0, 0.05) is 17.3 Å². The van der Waals surface area contributed by atoms with Crippen molar-refractivity contribution in [3.63, 3.8) is 0 Å². The van der Waals surface area contributed by atoms with Crippen molar-refractivity contribution in [2.75, 3.05) is 23.0 Å². The summed E-state index contributed by atoms with van der Waals surface area (Å²) in [5, 5.41) is 0.418. The van der Waals surface area contributed by atoms with E-state index in [0.717, 1.165) is 20.8 Å². The second-order valence-electron chi connectivity index (χ2n) is 3.30. The highest BCUT2D eigenvalue weighted by Gasteiger charge is 2.20. The van der Waals surface area contributed by atoms with Crippen molar-refractivity contribution in [2.24, 2.45) is 0 Å². The van der Waals surface area contributed by atoms with Crippen molar-refractivity contribution in [3.8, 4) is 0 Å². The molecule has 0 radical (unpaired) electrons. The summed E-state index contributed by atoms with van der Waals surface area (Å²) in [6.07, 6.45) is 0. The SMILES string of the molecule is Cc1nc(C2CSCCS2)nc(N)c1I. The molecule has 0 saturated carbocycles. The molecule has 82 valence electrons. The largest absolute Gasteiger partial charge is 0.383 e. The Balaban J connectivity index is 2.27. The van der Waals surface area contributed by atoms with Gasteiger partial charge in [-0.25, -0.2) is 9.97 Å². The van der Waals surface area contributed by atoms with Crippen LogP contribution in [-0.4, -0.2) is 27.2 Å². The van der Waals surface area contributed by atoms with Crippen LogP contribution in [0.15, 0.2) is 0 Å². The first-order valence-electron chi connectivity index (χ1n) is 4.67. The highest BCUT2D eigenvalue weighted by atomic mass is 127. The number of halogens is 1. The van der Waals surface area contributed by atoms with E-state index in [1.54, 1.807) is 0 Å². The number of hydrogen-bond acceptors (Lipinski definition) is 5. The molecule has 1 unspecified atom stereocenters. The summed E-state index contributed by atoms with van der Waals surface area (Å²) in [7, 11) is 0. The molecule has 2 rings (SSSR count). The lowest BCUT2D eigenvalue weighted by atomic mass is 10.3. The fourth-order valence-corrected chi connectivity index (χ4v) is 4.22. The molecule has 3 nitrogen and oxygen atoms in total. The minimum Gasteiger partial charge on any atom is -0.383 e. The van der Waals surface area contributed by atoms with Crippen molar-refractivity contribution in [1.29, 1.82) is 0 Å². The van der Waals surface area contributed by atoms with Gasteiger partial charge in [-0.15, -0.1) is 11.8 Å². The molecule has 0 spiro atoms. The molecule has 1 fully saturated rings. The summed E-state index contributed by atoms with van der Waals surface area (Å²) in [5.74, 6) is 5.05. The van der Waals surface area contributed by atoms with Crippen molar-refractivity contribution in [1.82, 2.24) is 9.97 Å². The van der Waals surface area contributed by atoms with E-state index in [2.05, 4.69) is 32.6 Å². The number of nitrogen functional groups attached to an aromatic ring is 1. The van der Waals surface area contributed by atoms with Crippen LogP contribution in [0, 0.1) is 10.5 Å². The number of nitrogens with two attached hydrogens (primary N) is 1. The molecule has 1 aliphatic rings. The predicted molar refractivity (Wildman–Crippen MR) is 76.4 cm³/mol. The minimum atomic E-state index is 0.418. The maximum Gasteiger partial charge on any atom is 0.144 e. The van der Waals surface area contributed by atoms with E-state index >= 15 is 0 Å². The van der Waals surface area contributed by atoms with Gasteiger partial charge in [0.15, 0.2) is 0 Å². The monoisotopic (exact) mass is 353 g/mol. The Morgan fingerprint density at radius 1 is 1.40 bits per heavy atom. The Hall–Kier alpha value is 0.310. The number of aryl methyl sites for hydroxylation is 1. The Bertz CT molecular complexity index is 343. The van der Waals surface area contributed by atoms with Gasteiger partial charge < -0.3 is 5.73 Å². The molecular weight excluding hydrogens is 341 g/mol. The smallest absolute Gasteiger partial charge is 0.144 e. The van der Waals surface area contributed by atoms with Crippen LogP contribution in [0.5, 0.6) is 0 Å². The molecule has 15 heavy (non-hydrogen) atoms. The summed E-state index contributed by atoms with van der Waals surface area (Å²) >= 11 is 6.10. The fourth-order valence-electron chi connectivity index (χ4n) is 1.38. The van der Waals surface area contributed by atoms with E-state index in [1.165, 1.54) is 11.5 Å². The van der Waals surface area contributed by atoms with Crippen LogP contribution < -0.4 is 5.73 Å². The van der Waals surface area contributed by atoms with Gasteiger partial charge in [-0.2, -0.15) is 11.8 Å². The third-order valence-electron chi connectivity index (χ3n) is 2.16. The van der Waals surface area contributed by atoms with Gasteiger partial charge in [-0.1, -0.05) is 0 Å². The summed E-state index contributed by atoms with van der Waals surface area (Å²) in [6, 6.07) is 0. The first kappa shape index (κ1) is 11.8. The van der Waals surface area contributed by atoms with Crippen molar-refractivity contribution in [3.05, 3.63) is 15.1 Å². The lowest BCUT2D eigenvalue weighted by molar-refractivity contribution is 0.902. The van der Waals surface area contributed by atoms with Crippen LogP contribution in [0.1, 0.15) is 16.8 Å². The van der Waals surface area contributed by atoms with Gasteiger partial charge in [0.05, 0.1) is 14.5 Å². The minimum absolute atomic E-state index is 0.418. The number of anilines is 1. The maximum absolute atomic E-state index is 5.85. The predicted octanol–water partition coefficient (Wildman–Crippen LogP) is 2.49. The lowest BCUT2D eigenvalue weighted by Crippen LogP contribution is -2.13. The zero-order valence-corrected chi connectivity index (χ0v) is 12.2. The van der Waals surface area contributed by atoms with Crippen LogP contribution in [0.3, 0.4) is 0 Å². The van der Waals surface area contributed by atoms with E-state index in [9.17, 15) is 0 Å². The average Bonchev–Trinajstić information content (AvgIpc) is 2.26. The summed E-state index contributed by atoms with van der Waals surface area (Å²) in [6.45, 7) is 1.99. The standard InChI is InChI=1S/C9H12IN3S2/c1-5-7(10)8(11)13-9(12-5)6-4-14-2-3-15-6/h6H,2-4H2,1H3,(H2,11,12,13). The van der Waals surface area contributed by atoms with E-state index in [-0.39, 0.29) is 0 Å². The quantitative estimate of drug-likeness (QED) is 0.787. The summed E-state index contributed by atoms with van der Waals surface area (Å²) in [4.78, 5) is 8.91. The molecule has 0 aromatic carbocycles. The number of hydrogen-bond donors (Lipinski definition) is 1. The van der Waals surface area contributed by atoms with E-state index in [4.69, 9.17) is 5.73 Å². The maximum atomic E-state index is 5.85. The molecule has 2 N–H and O–H groups in total. The van der Waals surface area contributed by atoms with E-state index in [1.807, 2.05) is 30.4 Å². The van der Waals surface area contributed by atoms with Crippen LogP contribution in [0.25, 0.3) is 0 Å². The Labute approximate surface area is 112 Å². The third kappa shape index (κ3) is 2.71. The van der Waals surface area contributed by atoms with Gasteiger partial charge in [0.1, 0.15) is 11.6 Å². The molecule has 0 bridgehead atoms. The van der Waals surface area contributed by atoms with Crippen LogP contribution in [0.2, 0.25) is 0 Å². The van der Waals surface area contributed by atoms with Crippen molar-refractivity contribution < 1.29 is 0 Å². The Morgan fingerprint density at radius 2 is 2.20 bits per heavy atom. The van der Waals surface area contributed by atoms with Gasteiger partial charge in [-0.05, 0) is 29.5 Å². The highest BCUT2D eigenvalue weighted by Crippen LogP contribution is 2.35. The van der Waals surface area contributed by atoms with Gasteiger partial charge in [-0.3, -0.25) is 0 Å². The fraction of sp³-hybridized carbons (Fsp3) is 0.556. The molecule has 1 aromatic rings. The molecule has 0 amide bonds. The second kappa shape index (κ2) is 5.09. The zero-order chi connectivity index (χ0) is 10.8. The molecule has 6 heteroatoms. The van der Waals surface area contributed by atoms with Crippen LogP contribution in [-0.2, 0) is 0 Å². The molecule has 1 saturated heterocycles. The molecular formula is C9H12IN3S2. The normalized spacial score (nSPS) is 21.6. The van der Waals surface area contributed by atoms with Gasteiger partial charge in [0.2, 0.25) is 0 Å². The Kier molecular flexibility index (Phi) is 4.00. The number of rotatable bonds is 1.